The van der Waals surface area contributed by atoms with Gasteiger partial charge in [0.15, 0.2) is 0 Å². The molecule has 2 aromatic carbocycles. The minimum Gasteiger partial charge on any atom is -0.338 e. The van der Waals surface area contributed by atoms with Gasteiger partial charge in [0.1, 0.15) is 0 Å². The summed E-state index contributed by atoms with van der Waals surface area (Å²) in [7, 11) is 0. The number of halogens is 1. The van der Waals surface area contributed by atoms with Crippen molar-refractivity contribution in [1.29, 1.82) is 0 Å². The summed E-state index contributed by atoms with van der Waals surface area (Å²) in [5, 5.41) is 6.11. The molecule has 0 unspecified atom stereocenters. The van der Waals surface area contributed by atoms with Gasteiger partial charge in [0.2, 0.25) is 0 Å². The Bertz CT molecular complexity index is 572. The van der Waals surface area contributed by atoms with Crippen molar-refractivity contribution in [2.45, 2.75) is 19.3 Å². The number of para-hydroxylation sites is 1. The van der Waals surface area contributed by atoms with Crippen molar-refractivity contribution < 1.29 is 4.79 Å². The van der Waals surface area contributed by atoms with Gasteiger partial charge in [0.25, 0.3) is 0 Å². The van der Waals surface area contributed by atoms with Gasteiger partial charge in [-0.2, -0.15) is 0 Å². The van der Waals surface area contributed by atoms with Gasteiger partial charge in [-0.05, 0) is 37.0 Å². The molecule has 4 heteroatoms. The van der Waals surface area contributed by atoms with Crippen LogP contribution in [0.2, 0.25) is 5.02 Å². The second-order valence-corrected chi connectivity index (χ2v) is 5.21. The van der Waals surface area contributed by atoms with Crippen LogP contribution in [0.25, 0.3) is 0 Å². The van der Waals surface area contributed by atoms with E-state index < -0.39 is 0 Å². The van der Waals surface area contributed by atoms with Crippen molar-refractivity contribution in [3.63, 3.8) is 0 Å². The third kappa shape index (κ3) is 5.48. The van der Waals surface area contributed by atoms with E-state index in [0.29, 0.717) is 17.3 Å². The van der Waals surface area contributed by atoms with Gasteiger partial charge in [-0.1, -0.05) is 54.1 Å². The fraction of sp³-hybridized carbons (Fsp3) is 0.235. The van der Waals surface area contributed by atoms with E-state index in [2.05, 4.69) is 22.8 Å². The zero-order chi connectivity index (χ0) is 14.9. The van der Waals surface area contributed by atoms with Crippen molar-refractivity contribution in [2.24, 2.45) is 0 Å². The van der Waals surface area contributed by atoms with Gasteiger partial charge < -0.3 is 10.6 Å². The third-order valence-corrected chi connectivity index (χ3v) is 3.47. The second kappa shape index (κ2) is 8.32. The predicted molar refractivity (Wildman–Crippen MR) is 87.9 cm³/mol. The van der Waals surface area contributed by atoms with Gasteiger partial charge in [-0.3, -0.25) is 0 Å². The molecule has 0 aliphatic rings. The number of amides is 2. The van der Waals surface area contributed by atoms with Crippen LogP contribution < -0.4 is 10.6 Å². The van der Waals surface area contributed by atoms with Crippen LogP contribution in [0.3, 0.4) is 0 Å². The average molecular weight is 303 g/mol. The zero-order valence-electron chi connectivity index (χ0n) is 11.8. The van der Waals surface area contributed by atoms with Crippen LogP contribution in [-0.2, 0) is 6.42 Å². The Labute approximate surface area is 130 Å². The molecule has 2 aromatic rings. The van der Waals surface area contributed by atoms with Gasteiger partial charge in [-0.15, -0.1) is 0 Å². The van der Waals surface area contributed by atoms with Crippen LogP contribution in [0.15, 0.2) is 54.6 Å². The standard InChI is InChI=1S/C17H19ClN2O/c18-15-11-4-5-12-16(15)20-17(21)19-13-7-6-10-14-8-2-1-3-9-14/h1-5,8-9,11-12H,6-7,10,13H2,(H2,19,20,21). The molecular formula is C17H19ClN2O. The molecule has 0 spiro atoms. The molecule has 2 N–H and O–H groups in total. The number of urea groups is 1. The van der Waals surface area contributed by atoms with Gasteiger partial charge in [-0.25, -0.2) is 4.79 Å². The number of benzene rings is 2. The summed E-state index contributed by atoms with van der Waals surface area (Å²) in [6.45, 7) is 0.656. The molecule has 2 rings (SSSR count). The van der Waals surface area contributed by atoms with Crippen LogP contribution in [0.4, 0.5) is 10.5 Å². The number of hydrogen-bond acceptors (Lipinski definition) is 1. The van der Waals surface area contributed by atoms with Crippen LogP contribution in [0.5, 0.6) is 0 Å². The molecule has 3 nitrogen and oxygen atoms in total. The van der Waals surface area contributed by atoms with Crippen molar-refractivity contribution in [1.82, 2.24) is 5.32 Å². The van der Waals surface area contributed by atoms with Gasteiger partial charge >= 0.3 is 6.03 Å². The number of rotatable bonds is 6. The second-order valence-electron chi connectivity index (χ2n) is 4.80. The summed E-state index contributed by atoms with van der Waals surface area (Å²) >= 11 is 5.98. The molecule has 21 heavy (non-hydrogen) atoms. The topological polar surface area (TPSA) is 41.1 Å². The van der Waals surface area contributed by atoms with Gasteiger partial charge in [0, 0.05) is 6.54 Å². The minimum absolute atomic E-state index is 0.220. The highest BCUT2D eigenvalue weighted by Crippen LogP contribution is 2.19. The Balaban J connectivity index is 1.63. The number of carbonyl (C=O) groups excluding carboxylic acids is 1. The predicted octanol–water partition coefficient (Wildman–Crippen LogP) is 4.48. The van der Waals surface area contributed by atoms with E-state index in [1.54, 1.807) is 12.1 Å². The number of carbonyl (C=O) groups is 1. The van der Waals surface area contributed by atoms with E-state index in [4.69, 9.17) is 11.6 Å². The largest absolute Gasteiger partial charge is 0.338 e. The highest BCUT2D eigenvalue weighted by atomic mass is 35.5. The van der Waals surface area contributed by atoms with E-state index in [1.807, 2.05) is 30.3 Å². The van der Waals surface area contributed by atoms with E-state index in [9.17, 15) is 4.79 Å². The molecule has 2 amide bonds. The third-order valence-electron chi connectivity index (χ3n) is 3.14. The Hall–Kier alpha value is -2.00. The van der Waals surface area contributed by atoms with Crippen molar-refractivity contribution in [3.05, 3.63) is 65.2 Å². The maximum atomic E-state index is 11.7. The Kier molecular flexibility index (Phi) is 6.10. The first-order chi connectivity index (χ1) is 10.3. The normalized spacial score (nSPS) is 10.1. The maximum absolute atomic E-state index is 11.7. The van der Waals surface area contributed by atoms with Gasteiger partial charge in [0.05, 0.1) is 10.7 Å². The van der Waals surface area contributed by atoms with Crippen LogP contribution in [0, 0.1) is 0 Å². The van der Waals surface area contributed by atoms with Crippen molar-refractivity contribution in [3.8, 4) is 0 Å². The summed E-state index contributed by atoms with van der Waals surface area (Å²) in [4.78, 5) is 11.7. The Morgan fingerprint density at radius 2 is 1.67 bits per heavy atom. The lowest BCUT2D eigenvalue weighted by molar-refractivity contribution is 0.252. The first-order valence-corrected chi connectivity index (χ1v) is 7.47. The molecule has 0 atom stereocenters. The smallest absolute Gasteiger partial charge is 0.319 e. The zero-order valence-corrected chi connectivity index (χ0v) is 12.6. The molecule has 0 aliphatic heterocycles. The van der Waals surface area contributed by atoms with Crippen molar-refractivity contribution >= 4 is 23.3 Å². The molecule has 0 saturated carbocycles. The van der Waals surface area contributed by atoms with E-state index in [1.165, 1.54) is 5.56 Å². The first-order valence-electron chi connectivity index (χ1n) is 7.09. The van der Waals surface area contributed by atoms with E-state index in [0.717, 1.165) is 19.3 Å². The molecule has 0 aromatic heterocycles. The SMILES string of the molecule is O=C(NCCCCc1ccccc1)Nc1ccccc1Cl. The monoisotopic (exact) mass is 302 g/mol. The summed E-state index contributed by atoms with van der Waals surface area (Å²) < 4.78 is 0. The summed E-state index contributed by atoms with van der Waals surface area (Å²) in [5.41, 5.74) is 1.96. The van der Waals surface area contributed by atoms with Crippen LogP contribution >= 0.6 is 11.6 Å². The summed E-state index contributed by atoms with van der Waals surface area (Å²) in [6.07, 6.45) is 3.04. The number of unbranched alkanes of at least 4 members (excludes halogenated alkanes) is 1. The van der Waals surface area contributed by atoms with Crippen LogP contribution in [0.1, 0.15) is 18.4 Å². The number of anilines is 1. The highest BCUT2D eigenvalue weighted by Gasteiger charge is 2.03. The minimum atomic E-state index is -0.220. The molecule has 0 bridgehead atoms. The fourth-order valence-corrected chi connectivity index (χ4v) is 2.21. The molecule has 0 aliphatic carbocycles. The van der Waals surface area contributed by atoms with E-state index in [-0.39, 0.29) is 6.03 Å². The lowest BCUT2D eigenvalue weighted by atomic mass is 10.1. The fourth-order valence-electron chi connectivity index (χ4n) is 2.03. The molecule has 0 saturated heterocycles. The summed E-state index contributed by atoms with van der Waals surface area (Å²) in [6, 6.07) is 17.3. The lowest BCUT2D eigenvalue weighted by Crippen LogP contribution is -2.29. The first kappa shape index (κ1) is 15.4. The Morgan fingerprint density at radius 3 is 2.43 bits per heavy atom. The maximum Gasteiger partial charge on any atom is 0.319 e. The highest BCUT2D eigenvalue weighted by molar-refractivity contribution is 6.33. The quantitative estimate of drug-likeness (QED) is 0.759. The number of hydrogen-bond donors (Lipinski definition) is 2. The van der Waals surface area contributed by atoms with Crippen LogP contribution in [-0.4, -0.2) is 12.6 Å². The summed E-state index contributed by atoms with van der Waals surface area (Å²) in [5.74, 6) is 0. The number of aryl methyl sites for hydroxylation is 1. The lowest BCUT2D eigenvalue weighted by Gasteiger charge is -2.08. The van der Waals surface area contributed by atoms with Crippen molar-refractivity contribution in [2.75, 3.05) is 11.9 Å². The molecule has 110 valence electrons. The molecule has 0 heterocycles. The Morgan fingerprint density at radius 1 is 0.952 bits per heavy atom. The molecule has 0 fully saturated rings. The molecule has 0 radical (unpaired) electrons. The molecular weight excluding hydrogens is 284 g/mol. The van der Waals surface area contributed by atoms with E-state index >= 15 is 0 Å². The average Bonchev–Trinajstić information content (AvgIpc) is 2.50. The number of nitrogens with one attached hydrogen (secondary N) is 2.